The van der Waals surface area contributed by atoms with E-state index >= 15 is 0 Å². The largest absolute Gasteiger partial charge is 0.487 e. The van der Waals surface area contributed by atoms with E-state index in [-0.39, 0.29) is 17.6 Å². The number of halogens is 1. The average Bonchev–Trinajstić information content (AvgIpc) is 2.48. The lowest BCUT2D eigenvalue weighted by molar-refractivity contribution is -0.121. The number of carbonyl (C=O) groups excluding carboxylic acids is 1. The minimum Gasteiger partial charge on any atom is -0.487 e. The number of aryl methyl sites for hydroxylation is 1. The van der Waals surface area contributed by atoms with Crippen LogP contribution in [0.4, 0.5) is 0 Å². The topological polar surface area (TPSA) is 38.3 Å². The Hall–Kier alpha value is -2.00. The standard InChI is InChI=1S/C20H22ClNO2/c1-13-4-9-16-17(12-20(2,3)24-18(16)10-13)22-19(23)11-14-5-7-15(21)8-6-14/h4-10,17H,11-12H2,1-3H3,(H,22,23)/t17-/m1/s1. The molecule has 24 heavy (non-hydrogen) atoms. The Balaban J connectivity index is 1.76. The van der Waals surface area contributed by atoms with E-state index in [4.69, 9.17) is 16.3 Å². The maximum absolute atomic E-state index is 12.5. The Labute approximate surface area is 148 Å². The molecule has 126 valence electrons. The summed E-state index contributed by atoms with van der Waals surface area (Å²) in [5.74, 6) is 0.870. The van der Waals surface area contributed by atoms with Crippen molar-refractivity contribution in [3.05, 3.63) is 64.2 Å². The van der Waals surface area contributed by atoms with Gasteiger partial charge in [0.05, 0.1) is 12.5 Å². The molecule has 1 atom stereocenters. The number of amides is 1. The van der Waals surface area contributed by atoms with Crippen molar-refractivity contribution in [2.75, 3.05) is 0 Å². The molecule has 0 spiro atoms. The summed E-state index contributed by atoms with van der Waals surface area (Å²) in [6.07, 6.45) is 1.09. The molecule has 0 aliphatic carbocycles. The summed E-state index contributed by atoms with van der Waals surface area (Å²) in [7, 11) is 0. The maximum atomic E-state index is 12.5. The quantitative estimate of drug-likeness (QED) is 0.883. The summed E-state index contributed by atoms with van der Waals surface area (Å²) in [5, 5.41) is 3.84. The number of ether oxygens (including phenoxy) is 1. The second kappa shape index (κ2) is 6.48. The monoisotopic (exact) mass is 343 g/mol. The highest BCUT2D eigenvalue weighted by molar-refractivity contribution is 6.30. The van der Waals surface area contributed by atoms with Crippen molar-refractivity contribution in [3.8, 4) is 5.75 Å². The van der Waals surface area contributed by atoms with E-state index in [2.05, 4.69) is 25.2 Å². The van der Waals surface area contributed by atoms with Crippen LogP contribution in [-0.4, -0.2) is 11.5 Å². The van der Waals surface area contributed by atoms with Crippen molar-refractivity contribution < 1.29 is 9.53 Å². The summed E-state index contributed by atoms with van der Waals surface area (Å²) in [4.78, 5) is 12.5. The molecule has 1 N–H and O–H groups in total. The number of rotatable bonds is 3. The van der Waals surface area contributed by atoms with E-state index in [0.29, 0.717) is 11.4 Å². The smallest absolute Gasteiger partial charge is 0.224 e. The first-order valence-corrected chi connectivity index (χ1v) is 8.53. The number of nitrogens with one attached hydrogen (secondary N) is 1. The number of benzene rings is 2. The van der Waals surface area contributed by atoms with Gasteiger partial charge < -0.3 is 10.1 Å². The fourth-order valence-corrected chi connectivity index (χ4v) is 3.25. The van der Waals surface area contributed by atoms with E-state index < -0.39 is 0 Å². The van der Waals surface area contributed by atoms with Crippen molar-refractivity contribution >= 4 is 17.5 Å². The maximum Gasteiger partial charge on any atom is 0.224 e. The van der Waals surface area contributed by atoms with Gasteiger partial charge in [0.15, 0.2) is 0 Å². The van der Waals surface area contributed by atoms with Gasteiger partial charge in [0.1, 0.15) is 11.4 Å². The highest BCUT2D eigenvalue weighted by Gasteiger charge is 2.34. The molecule has 2 aromatic rings. The van der Waals surface area contributed by atoms with Gasteiger partial charge in [-0.1, -0.05) is 35.9 Å². The Bertz CT molecular complexity index is 753. The van der Waals surface area contributed by atoms with Gasteiger partial charge >= 0.3 is 0 Å². The lowest BCUT2D eigenvalue weighted by Crippen LogP contribution is -2.41. The third-order valence-electron chi connectivity index (χ3n) is 4.24. The fourth-order valence-electron chi connectivity index (χ4n) is 3.12. The number of hydrogen-bond acceptors (Lipinski definition) is 2. The van der Waals surface area contributed by atoms with Gasteiger partial charge in [-0.25, -0.2) is 0 Å². The molecule has 0 aromatic heterocycles. The molecule has 0 fully saturated rings. The molecule has 1 amide bonds. The highest BCUT2D eigenvalue weighted by Crippen LogP contribution is 2.39. The molecule has 1 heterocycles. The highest BCUT2D eigenvalue weighted by atomic mass is 35.5. The molecule has 0 saturated heterocycles. The zero-order chi connectivity index (χ0) is 17.3. The Kier molecular flexibility index (Phi) is 4.55. The summed E-state index contributed by atoms with van der Waals surface area (Å²) in [6.45, 7) is 6.15. The lowest BCUT2D eigenvalue weighted by atomic mass is 9.89. The van der Waals surface area contributed by atoms with Gasteiger partial charge in [-0.2, -0.15) is 0 Å². The van der Waals surface area contributed by atoms with Crippen molar-refractivity contribution in [3.63, 3.8) is 0 Å². The normalized spacial score (nSPS) is 18.4. The first kappa shape index (κ1) is 16.8. The number of carbonyl (C=O) groups is 1. The van der Waals surface area contributed by atoms with Crippen molar-refractivity contribution in [2.24, 2.45) is 0 Å². The molecule has 2 aromatic carbocycles. The minimum atomic E-state index is -0.307. The predicted octanol–water partition coefficient (Wildman–Crippen LogP) is 4.61. The summed E-state index contributed by atoms with van der Waals surface area (Å²) >= 11 is 5.89. The molecule has 0 radical (unpaired) electrons. The molecule has 0 bridgehead atoms. The zero-order valence-corrected chi connectivity index (χ0v) is 15.0. The van der Waals surface area contributed by atoms with Crippen molar-refractivity contribution in [1.82, 2.24) is 5.32 Å². The van der Waals surface area contributed by atoms with Gasteiger partial charge in [0.2, 0.25) is 5.91 Å². The SMILES string of the molecule is Cc1ccc2c(c1)OC(C)(C)C[C@H]2NC(=O)Cc1ccc(Cl)cc1. The fraction of sp³-hybridized carbons (Fsp3) is 0.350. The van der Waals surface area contributed by atoms with Crippen LogP contribution in [0.25, 0.3) is 0 Å². The van der Waals surface area contributed by atoms with E-state index in [1.807, 2.05) is 31.2 Å². The summed E-state index contributed by atoms with van der Waals surface area (Å²) < 4.78 is 6.08. The molecule has 0 unspecified atom stereocenters. The minimum absolute atomic E-state index is 0.00606. The molecule has 4 heteroatoms. The Morgan fingerprint density at radius 1 is 1.25 bits per heavy atom. The van der Waals surface area contributed by atoms with Gasteiger partial charge in [0.25, 0.3) is 0 Å². The molecule has 3 nitrogen and oxygen atoms in total. The summed E-state index contributed by atoms with van der Waals surface area (Å²) in [5.41, 5.74) is 2.84. The Morgan fingerprint density at radius 2 is 1.96 bits per heavy atom. The number of fused-ring (bicyclic) bond motifs is 1. The predicted molar refractivity (Wildman–Crippen MR) is 96.5 cm³/mol. The van der Waals surface area contributed by atoms with Crippen LogP contribution in [-0.2, 0) is 11.2 Å². The van der Waals surface area contributed by atoms with Crippen molar-refractivity contribution in [2.45, 2.75) is 45.3 Å². The van der Waals surface area contributed by atoms with Crippen LogP contribution in [0, 0.1) is 6.92 Å². The number of hydrogen-bond donors (Lipinski definition) is 1. The van der Waals surface area contributed by atoms with Crippen LogP contribution < -0.4 is 10.1 Å². The van der Waals surface area contributed by atoms with Crippen LogP contribution in [0.5, 0.6) is 5.75 Å². The zero-order valence-electron chi connectivity index (χ0n) is 14.2. The van der Waals surface area contributed by atoms with E-state index in [9.17, 15) is 4.79 Å². The van der Waals surface area contributed by atoms with E-state index in [1.54, 1.807) is 12.1 Å². The third kappa shape index (κ3) is 3.90. The van der Waals surface area contributed by atoms with Crippen LogP contribution in [0.1, 0.15) is 43.0 Å². The van der Waals surface area contributed by atoms with Gasteiger partial charge in [-0.15, -0.1) is 0 Å². The van der Waals surface area contributed by atoms with Crippen LogP contribution in [0.15, 0.2) is 42.5 Å². The van der Waals surface area contributed by atoms with Gasteiger partial charge in [0, 0.05) is 17.0 Å². The first-order valence-electron chi connectivity index (χ1n) is 8.16. The van der Waals surface area contributed by atoms with Gasteiger partial charge in [-0.05, 0) is 50.1 Å². The Morgan fingerprint density at radius 3 is 2.67 bits per heavy atom. The lowest BCUT2D eigenvalue weighted by Gasteiger charge is -2.38. The van der Waals surface area contributed by atoms with Gasteiger partial charge in [-0.3, -0.25) is 4.79 Å². The van der Waals surface area contributed by atoms with Crippen LogP contribution in [0.2, 0.25) is 5.02 Å². The molecule has 1 aliphatic rings. The summed E-state index contributed by atoms with van der Waals surface area (Å²) in [6, 6.07) is 13.5. The second-order valence-corrected chi connectivity index (χ2v) is 7.47. The molecular weight excluding hydrogens is 322 g/mol. The van der Waals surface area contributed by atoms with Crippen LogP contribution in [0.3, 0.4) is 0 Å². The molecule has 0 saturated carbocycles. The molecular formula is C20H22ClNO2. The van der Waals surface area contributed by atoms with Crippen molar-refractivity contribution in [1.29, 1.82) is 0 Å². The average molecular weight is 344 g/mol. The first-order chi connectivity index (χ1) is 11.3. The molecule has 1 aliphatic heterocycles. The molecule has 3 rings (SSSR count). The van der Waals surface area contributed by atoms with E-state index in [1.165, 1.54) is 0 Å². The third-order valence-corrected chi connectivity index (χ3v) is 4.49. The second-order valence-electron chi connectivity index (χ2n) is 7.03. The van der Waals surface area contributed by atoms with Crippen LogP contribution >= 0.6 is 11.6 Å². The van der Waals surface area contributed by atoms with E-state index in [0.717, 1.165) is 28.9 Å².